The molecule has 0 aliphatic heterocycles. The second kappa shape index (κ2) is 10.7. The summed E-state index contributed by atoms with van der Waals surface area (Å²) >= 11 is 0. The van der Waals surface area contributed by atoms with Crippen molar-refractivity contribution < 1.29 is 19.0 Å². The maximum absolute atomic E-state index is 12.9. The standard InChI is InChI=1S/C26H24O4/c1-3-17-29-26-16-14-23(30-19-21-7-5-4-6-8-21)18-24(26)25(27)15-11-20-9-12-22(28-2)13-10-20/h3-16,18H,1,17,19H2,2H3/b15-11-. The molecule has 0 aliphatic rings. The van der Waals surface area contributed by atoms with Gasteiger partial charge in [-0.3, -0.25) is 4.79 Å². The first-order valence-electron chi connectivity index (χ1n) is 9.60. The van der Waals surface area contributed by atoms with Gasteiger partial charge in [-0.15, -0.1) is 0 Å². The minimum atomic E-state index is -0.171. The van der Waals surface area contributed by atoms with E-state index in [1.165, 1.54) is 6.08 Å². The number of benzene rings is 3. The predicted molar refractivity (Wildman–Crippen MR) is 119 cm³/mol. The van der Waals surface area contributed by atoms with Crippen LogP contribution in [-0.4, -0.2) is 19.5 Å². The second-order valence-electron chi connectivity index (χ2n) is 6.50. The van der Waals surface area contributed by atoms with Crippen molar-refractivity contribution in [3.8, 4) is 17.2 Å². The van der Waals surface area contributed by atoms with Gasteiger partial charge in [-0.25, -0.2) is 0 Å². The van der Waals surface area contributed by atoms with Crippen LogP contribution in [0.3, 0.4) is 0 Å². The van der Waals surface area contributed by atoms with Crippen LogP contribution >= 0.6 is 0 Å². The van der Waals surface area contributed by atoms with E-state index in [4.69, 9.17) is 14.2 Å². The third-order valence-electron chi connectivity index (χ3n) is 4.36. The molecule has 3 rings (SSSR count). The smallest absolute Gasteiger partial charge is 0.189 e. The average molecular weight is 400 g/mol. The number of rotatable bonds is 10. The molecule has 0 N–H and O–H groups in total. The van der Waals surface area contributed by atoms with Gasteiger partial charge in [-0.1, -0.05) is 61.2 Å². The third kappa shape index (κ3) is 5.85. The number of allylic oxidation sites excluding steroid dienone is 1. The van der Waals surface area contributed by atoms with Crippen molar-refractivity contribution in [3.05, 3.63) is 108 Å². The molecule has 0 aromatic heterocycles. The van der Waals surface area contributed by atoms with Gasteiger partial charge in [-0.05, 0) is 47.5 Å². The Hall–Kier alpha value is -3.79. The van der Waals surface area contributed by atoms with Gasteiger partial charge in [0.1, 0.15) is 30.5 Å². The van der Waals surface area contributed by atoms with Gasteiger partial charge in [-0.2, -0.15) is 0 Å². The first kappa shape index (κ1) is 20.9. The van der Waals surface area contributed by atoms with Crippen LogP contribution in [0.25, 0.3) is 6.08 Å². The van der Waals surface area contributed by atoms with E-state index in [0.717, 1.165) is 16.9 Å². The molecule has 4 nitrogen and oxygen atoms in total. The second-order valence-corrected chi connectivity index (χ2v) is 6.50. The van der Waals surface area contributed by atoms with Crippen LogP contribution in [0.4, 0.5) is 0 Å². The highest BCUT2D eigenvalue weighted by Gasteiger charge is 2.12. The van der Waals surface area contributed by atoms with E-state index in [1.54, 1.807) is 37.5 Å². The van der Waals surface area contributed by atoms with Crippen LogP contribution in [0.5, 0.6) is 17.2 Å². The number of carbonyl (C=O) groups is 1. The molecule has 0 heterocycles. The lowest BCUT2D eigenvalue weighted by molar-refractivity contribution is 0.104. The fourth-order valence-electron chi connectivity index (χ4n) is 2.78. The zero-order valence-corrected chi connectivity index (χ0v) is 16.9. The lowest BCUT2D eigenvalue weighted by Crippen LogP contribution is -2.03. The van der Waals surface area contributed by atoms with Crippen molar-refractivity contribution in [3.63, 3.8) is 0 Å². The normalized spacial score (nSPS) is 10.6. The summed E-state index contributed by atoms with van der Waals surface area (Å²) in [5.74, 6) is 1.69. The molecule has 30 heavy (non-hydrogen) atoms. The number of ether oxygens (including phenoxy) is 3. The van der Waals surface area contributed by atoms with Crippen LogP contribution in [0.1, 0.15) is 21.5 Å². The van der Waals surface area contributed by atoms with Gasteiger partial charge in [0.25, 0.3) is 0 Å². The average Bonchev–Trinajstić information content (AvgIpc) is 2.81. The Morgan fingerprint density at radius 3 is 2.37 bits per heavy atom. The molecule has 0 saturated carbocycles. The lowest BCUT2D eigenvalue weighted by Gasteiger charge is -2.12. The monoisotopic (exact) mass is 400 g/mol. The zero-order valence-electron chi connectivity index (χ0n) is 16.9. The number of carbonyl (C=O) groups excluding carboxylic acids is 1. The van der Waals surface area contributed by atoms with E-state index >= 15 is 0 Å². The van der Waals surface area contributed by atoms with Crippen LogP contribution in [0.15, 0.2) is 91.5 Å². The van der Waals surface area contributed by atoms with Crippen LogP contribution in [0.2, 0.25) is 0 Å². The molecule has 0 atom stereocenters. The van der Waals surface area contributed by atoms with E-state index < -0.39 is 0 Å². The summed E-state index contributed by atoms with van der Waals surface area (Å²) in [7, 11) is 1.62. The Kier molecular flexibility index (Phi) is 7.45. The topological polar surface area (TPSA) is 44.8 Å². The molecule has 0 amide bonds. The zero-order chi connectivity index (χ0) is 21.2. The van der Waals surface area contributed by atoms with E-state index in [2.05, 4.69) is 6.58 Å². The van der Waals surface area contributed by atoms with Gasteiger partial charge >= 0.3 is 0 Å². The summed E-state index contributed by atoms with van der Waals surface area (Å²) in [6, 6.07) is 22.6. The molecule has 3 aromatic rings. The Balaban J connectivity index is 1.78. The van der Waals surface area contributed by atoms with Crippen molar-refractivity contribution in [1.82, 2.24) is 0 Å². The molecule has 0 aliphatic carbocycles. The summed E-state index contributed by atoms with van der Waals surface area (Å²) in [5.41, 5.74) is 2.39. The summed E-state index contributed by atoms with van der Waals surface area (Å²) in [6.07, 6.45) is 4.93. The highest BCUT2D eigenvalue weighted by molar-refractivity contribution is 6.08. The van der Waals surface area contributed by atoms with Gasteiger partial charge in [0.2, 0.25) is 0 Å². The first-order chi connectivity index (χ1) is 14.7. The number of ketones is 1. The molecule has 0 saturated heterocycles. The number of methoxy groups -OCH3 is 1. The number of hydrogen-bond donors (Lipinski definition) is 0. The predicted octanol–water partition coefficient (Wildman–Crippen LogP) is 5.74. The van der Waals surface area contributed by atoms with Crippen molar-refractivity contribution in [2.75, 3.05) is 13.7 Å². The highest BCUT2D eigenvalue weighted by Crippen LogP contribution is 2.26. The molecule has 0 unspecified atom stereocenters. The van der Waals surface area contributed by atoms with E-state index in [-0.39, 0.29) is 5.78 Å². The first-order valence-corrected chi connectivity index (χ1v) is 9.60. The van der Waals surface area contributed by atoms with Gasteiger partial charge in [0.15, 0.2) is 5.78 Å². The third-order valence-corrected chi connectivity index (χ3v) is 4.36. The fourth-order valence-corrected chi connectivity index (χ4v) is 2.78. The minimum absolute atomic E-state index is 0.171. The molecule has 3 aromatic carbocycles. The molecule has 152 valence electrons. The van der Waals surface area contributed by atoms with E-state index in [0.29, 0.717) is 30.3 Å². The molecule has 0 fully saturated rings. The molecular formula is C26H24O4. The molecular weight excluding hydrogens is 376 g/mol. The van der Waals surface area contributed by atoms with Crippen molar-refractivity contribution in [2.45, 2.75) is 6.61 Å². The Bertz CT molecular complexity index is 1000. The van der Waals surface area contributed by atoms with Gasteiger partial charge in [0, 0.05) is 0 Å². The summed E-state index contributed by atoms with van der Waals surface area (Å²) in [6.45, 7) is 4.39. The van der Waals surface area contributed by atoms with Gasteiger partial charge in [0.05, 0.1) is 12.7 Å². The van der Waals surface area contributed by atoms with E-state index in [9.17, 15) is 4.79 Å². The number of hydrogen-bond acceptors (Lipinski definition) is 4. The summed E-state index contributed by atoms with van der Waals surface area (Å²) in [5, 5.41) is 0. The fraction of sp³-hybridized carbons (Fsp3) is 0.115. The Morgan fingerprint density at radius 1 is 0.933 bits per heavy atom. The maximum Gasteiger partial charge on any atom is 0.189 e. The Morgan fingerprint density at radius 2 is 1.67 bits per heavy atom. The molecule has 0 radical (unpaired) electrons. The van der Waals surface area contributed by atoms with Crippen molar-refractivity contribution >= 4 is 11.9 Å². The highest BCUT2D eigenvalue weighted by atomic mass is 16.5. The van der Waals surface area contributed by atoms with Crippen LogP contribution < -0.4 is 14.2 Å². The molecule has 0 bridgehead atoms. The quantitative estimate of drug-likeness (QED) is 0.247. The van der Waals surface area contributed by atoms with Crippen molar-refractivity contribution in [1.29, 1.82) is 0 Å². The van der Waals surface area contributed by atoms with Gasteiger partial charge < -0.3 is 14.2 Å². The van der Waals surface area contributed by atoms with Crippen molar-refractivity contribution in [2.24, 2.45) is 0 Å². The summed E-state index contributed by atoms with van der Waals surface area (Å²) < 4.78 is 16.7. The largest absolute Gasteiger partial charge is 0.497 e. The lowest BCUT2D eigenvalue weighted by atomic mass is 10.1. The molecule has 0 spiro atoms. The minimum Gasteiger partial charge on any atom is -0.497 e. The van der Waals surface area contributed by atoms with Crippen LogP contribution in [-0.2, 0) is 6.61 Å². The van der Waals surface area contributed by atoms with Crippen LogP contribution in [0, 0.1) is 0 Å². The molecule has 4 heteroatoms. The SMILES string of the molecule is C=CCOc1ccc(OCc2ccccc2)cc1C(=O)/C=C\c1ccc(OC)cc1. The maximum atomic E-state index is 12.9. The van der Waals surface area contributed by atoms with E-state index in [1.807, 2.05) is 54.6 Å². The Labute approximate surface area is 177 Å². The summed E-state index contributed by atoms with van der Waals surface area (Å²) in [4.78, 5) is 12.9.